The van der Waals surface area contributed by atoms with Crippen LogP contribution in [0.25, 0.3) is 11.2 Å². The van der Waals surface area contributed by atoms with Crippen LogP contribution in [0.2, 0.25) is 0 Å². The predicted octanol–water partition coefficient (Wildman–Crippen LogP) is 2.40. The second-order valence-corrected chi connectivity index (χ2v) is 5.86. The second kappa shape index (κ2) is 5.24. The molecule has 0 bridgehead atoms. The minimum absolute atomic E-state index is 0.403. The lowest BCUT2D eigenvalue weighted by Crippen LogP contribution is -2.23. The molecule has 2 heterocycles. The van der Waals surface area contributed by atoms with Gasteiger partial charge in [0.25, 0.3) is 0 Å². The van der Waals surface area contributed by atoms with Crippen LogP contribution in [0, 0.1) is 0 Å². The standard InChI is InChI=1S/C12H16N4OS/c1-17-8-3-2-4-9(5-8)18-12-15-10-6-13-7-14-11(10)16-12/h6-9H,2-5H2,1H3,(H,13,14,15,16). The molecular weight excluding hydrogens is 248 g/mol. The van der Waals surface area contributed by atoms with E-state index < -0.39 is 0 Å². The number of imidazole rings is 1. The Labute approximate surface area is 110 Å². The van der Waals surface area contributed by atoms with E-state index in [1.165, 1.54) is 25.6 Å². The van der Waals surface area contributed by atoms with E-state index in [4.69, 9.17) is 4.74 Å². The Morgan fingerprint density at radius 2 is 2.39 bits per heavy atom. The lowest BCUT2D eigenvalue weighted by molar-refractivity contribution is 0.0730. The third-order valence-corrected chi connectivity index (χ3v) is 4.51. The highest BCUT2D eigenvalue weighted by Gasteiger charge is 2.23. The number of H-pyrrole nitrogens is 1. The Hall–Kier alpha value is -1.14. The summed E-state index contributed by atoms with van der Waals surface area (Å²) in [5.41, 5.74) is 1.64. The van der Waals surface area contributed by atoms with Crippen LogP contribution in [-0.2, 0) is 4.74 Å². The number of aromatic nitrogens is 4. The molecule has 1 fully saturated rings. The molecule has 0 radical (unpaired) electrons. The second-order valence-electron chi connectivity index (χ2n) is 4.57. The lowest BCUT2D eigenvalue weighted by atomic mass is 9.97. The van der Waals surface area contributed by atoms with E-state index in [-0.39, 0.29) is 0 Å². The maximum Gasteiger partial charge on any atom is 0.181 e. The molecule has 96 valence electrons. The SMILES string of the molecule is COC1CCCC(Sc2nc3ncncc3[nH]2)C1. The molecule has 0 aromatic carbocycles. The molecule has 6 heteroatoms. The van der Waals surface area contributed by atoms with Gasteiger partial charge in [-0.05, 0) is 25.7 Å². The number of ether oxygens (including phenoxy) is 1. The van der Waals surface area contributed by atoms with Crippen molar-refractivity contribution in [1.82, 2.24) is 19.9 Å². The number of thioether (sulfide) groups is 1. The van der Waals surface area contributed by atoms with Gasteiger partial charge in [-0.2, -0.15) is 0 Å². The van der Waals surface area contributed by atoms with Gasteiger partial charge in [-0.25, -0.2) is 15.0 Å². The minimum Gasteiger partial charge on any atom is -0.381 e. The summed E-state index contributed by atoms with van der Waals surface area (Å²) in [5, 5.41) is 1.52. The summed E-state index contributed by atoms with van der Waals surface area (Å²) in [5.74, 6) is 0. The molecule has 2 atom stereocenters. The number of hydrogen-bond acceptors (Lipinski definition) is 5. The average Bonchev–Trinajstić information content (AvgIpc) is 2.81. The molecule has 2 aromatic rings. The van der Waals surface area contributed by atoms with Crippen molar-refractivity contribution in [3.8, 4) is 0 Å². The fourth-order valence-corrected chi connectivity index (χ4v) is 3.60. The van der Waals surface area contributed by atoms with Crippen LogP contribution in [0.4, 0.5) is 0 Å². The van der Waals surface area contributed by atoms with Gasteiger partial charge >= 0.3 is 0 Å². The fourth-order valence-electron chi connectivity index (χ4n) is 2.38. The summed E-state index contributed by atoms with van der Waals surface area (Å²) < 4.78 is 5.45. The number of hydrogen-bond donors (Lipinski definition) is 1. The van der Waals surface area contributed by atoms with Crippen LogP contribution in [-0.4, -0.2) is 38.4 Å². The van der Waals surface area contributed by atoms with E-state index in [0.717, 1.165) is 22.7 Å². The minimum atomic E-state index is 0.403. The molecule has 1 saturated carbocycles. The monoisotopic (exact) mass is 264 g/mol. The van der Waals surface area contributed by atoms with Gasteiger partial charge < -0.3 is 9.72 Å². The van der Waals surface area contributed by atoms with Crippen molar-refractivity contribution < 1.29 is 4.74 Å². The Morgan fingerprint density at radius 3 is 3.22 bits per heavy atom. The zero-order chi connectivity index (χ0) is 12.4. The van der Waals surface area contributed by atoms with Crippen LogP contribution in [0.1, 0.15) is 25.7 Å². The van der Waals surface area contributed by atoms with E-state index in [2.05, 4.69) is 19.9 Å². The fraction of sp³-hybridized carbons (Fsp3) is 0.583. The van der Waals surface area contributed by atoms with Crippen molar-refractivity contribution in [1.29, 1.82) is 0 Å². The van der Waals surface area contributed by atoms with Gasteiger partial charge in [-0.3, -0.25) is 0 Å². The molecular formula is C12H16N4OS. The molecule has 2 aromatic heterocycles. The molecule has 2 unspecified atom stereocenters. The van der Waals surface area contributed by atoms with Crippen LogP contribution in [0.5, 0.6) is 0 Å². The van der Waals surface area contributed by atoms with Gasteiger partial charge in [-0.15, -0.1) is 0 Å². The highest BCUT2D eigenvalue weighted by atomic mass is 32.2. The van der Waals surface area contributed by atoms with Gasteiger partial charge in [0.05, 0.1) is 12.3 Å². The largest absolute Gasteiger partial charge is 0.381 e. The zero-order valence-electron chi connectivity index (χ0n) is 10.3. The van der Waals surface area contributed by atoms with Gasteiger partial charge in [0.1, 0.15) is 11.8 Å². The molecule has 0 amide bonds. The molecule has 1 aliphatic rings. The normalized spacial score (nSPS) is 24.5. The lowest BCUT2D eigenvalue weighted by Gasteiger charge is -2.26. The van der Waals surface area contributed by atoms with E-state index in [1.54, 1.807) is 25.1 Å². The summed E-state index contributed by atoms with van der Waals surface area (Å²) in [6.45, 7) is 0. The molecule has 0 aliphatic heterocycles. The highest BCUT2D eigenvalue weighted by Crippen LogP contribution is 2.33. The zero-order valence-corrected chi connectivity index (χ0v) is 11.1. The van der Waals surface area contributed by atoms with E-state index in [9.17, 15) is 0 Å². The third kappa shape index (κ3) is 2.49. The maximum absolute atomic E-state index is 5.45. The number of fused-ring (bicyclic) bond motifs is 1. The molecule has 0 saturated heterocycles. The number of methoxy groups -OCH3 is 1. The molecule has 18 heavy (non-hydrogen) atoms. The van der Waals surface area contributed by atoms with Crippen LogP contribution >= 0.6 is 11.8 Å². The van der Waals surface area contributed by atoms with Crippen molar-refractivity contribution in [2.45, 2.75) is 42.2 Å². The third-order valence-electron chi connectivity index (χ3n) is 3.33. The van der Waals surface area contributed by atoms with Gasteiger partial charge in [0.2, 0.25) is 0 Å². The van der Waals surface area contributed by atoms with Crippen molar-refractivity contribution >= 4 is 22.9 Å². The Kier molecular flexibility index (Phi) is 3.47. The quantitative estimate of drug-likeness (QED) is 0.922. The van der Waals surface area contributed by atoms with Gasteiger partial charge in [-0.1, -0.05) is 11.8 Å². The topological polar surface area (TPSA) is 63.7 Å². The first-order valence-electron chi connectivity index (χ1n) is 6.20. The summed E-state index contributed by atoms with van der Waals surface area (Å²) in [4.78, 5) is 15.9. The number of nitrogens with one attached hydrogen (secondary N) is 1. The predicted molar refractivity (Wildman–Crippen MR) is 70.6 cm³/mol. The summed E-state index contributed by atoms with van der Waals surface area (Å²) in [6.07, 6.45) is 8.43. The first kappa shape index (κ1) is 11.9. The van der Waals surface area contributed by atoms with Gasteiger partial charge in [0, 0.05) is 12.4 Å². The Morgan fingerprint density at radius 1 is 1.44 bits per heavy atom. The molecule has 0 spiro atoms. The number of rotatable bonds is 3. The molecule has 1 aliphatic carbocycles. The molecule has 3 rings (SSSR count). The highest BCUT2D eigenvalue weighted by molar-refractivity contribution is 7.99. The van der Waals surface area contributed by atoms with E-state index in [1.807, 2.05) is 0 Å². The van der Waals surface area contributed by atoms with Crippen LogP contribution in [0.3, 0.4) is 0 Å². The van der Waals surface area contributed by atoms with Gasteiger partial charge in [0.15, 0.2) is 10.8 Å². The Balaban J connectivity index is 1.71. The van der Waals surface area contributed by atoms with Crippen LogP contribution in [0.15, 0.2) is 17.7 Å². The van der Waals surface area contributed by atoms with Crippen molar-refractivity contribution in [2.75, 3.05) is 7.11 Å². The average molecular weight is 264 g/mol. The molecule has 5 nitrogen and oxygen atoms in total. The van der Waals surface area contributed by atoms with Crippen molar-refractivity contribution in [3.05, 3.63) is 12.5 Å². The van der Waals surface area contributed by atoms with Crippen molar-refractivity contribution in [3.63, 3.8) is 0 Å². The molecule has 1 N–H and O–H groups in total. The summed E-state index contributed by atoms with van der Waals surface area (Å²) in [7, 11) is 1.80. The van der Waals surface area contributed by atoms with E-state index in [0.29, 0.717) is 11.4 Å². The smallest absolute Gasteiger partial charge is 0.181 e. The summed E-state index contributed by atoms with van der Waals surface area (Å²) >= 11 is 1.79. The van der Waals surface area contributed by atoms with Crippen molar-refractivity contribution in [2.24, 2.45) is 0 Å². The Bertz CT molecular complexity index is 497. The van der Waals surface area contributed by atoms with E-state index >= 15 is 0 Å². The number of nitrogens with zero attached hydrogens (tertiary/aromatic N) is 3. The first-order chi connectivity index (χ1) is 8.85. The summed E-state index contributed by atoms with van der Waals surface area (Å²) in [6, 6.07) is 0. The van der Waals surface area contributed by atoms with Crippen LogP contribution < -0.4 is 0 Å². The maximum atomic E-state index is 5.45. The first-order valence-corrected chi connectivity index (χ1v) is 7.08. The number of aromatic amines is 1.